The van der Waals surface area contributed by atoms with Crippen molar-refractivity contribution >= 4 is 0 Å². The van der Waals surface area contributed by atoms with Gasteiger partial charge in [0.25, 0.3) is 0 Å². The van der Waals surface area contributed by atoms with Crippen LogP contribution in [0.15, 0.2) is 23.8 Å². The van der Waals surface area contributed by atoms with Crippen LogP contribution >= 0.6 is 0 Å². The molecule has 6 nitrogen and oxygen atoms in total. The summed E-state index contributed by atoms with van der Waals surface area (Å²) in [5, 5.41) is 40.4. The number of ether oxygens (including phenoxy) is 2. The Morgan fingerprint density at radius 3 is 2.49 bits per heavy atom. The van der Waals surface area contributed by atoms with Gasteiger partial charge in [0.15, 0.2) is 6.29 Å². The van der Waals surface area contributed by atoms with Crippen LogP contribution in [0, 0.1) is 46.3 Å². The predicted octanol–water partition coefficient (Wildman–Crippen LogP) is 5.77. The Hall–Kier alpha value is -0.760. The number of aliphatic hydroxyl groups excluding tert-OH is 4. The van der Waals surface area contributed by atoms with Crippen molar-refractivity contribution in [3.8, 4) is 0 Å². The summed E-state index contributed by atoms with van der Waals surface area (Å²) in [6.07, 6.45) is 9.51. The lowest BCUT2D eigenvalue weighted by atomic mass is 9.47. The molecular weight excluding hydrogens is 516 g/mol. The SMILES string of the molecule is C=C(C)C(CC)CCC(C)[C@@H]1CC[C@@H]2[C@@H]3CC=C4CC(OC5OC(CO)C(O)C(O)C5O)CC[C@]4(C)[C@@H]3CC[C@@]21C. The largest absolute Gasteiger partial charge is 0.394 e. The number of hydrogen-bond acceptors (Lipinski definition) is 6. The molecule has 1 aliphatic heterocycles. The van der Waals surface area contributed by atoms with Crippen molar-refractivity contribution < 1.29 is 29.9 Å². The molecule has 0 aromatic carbocycles. The molecule has 4 N–H and O–H groups in total. The summed E-state index contributed by atoms with van der Waals surface area (Å²) in [6.45, 7) is 16.0. The normalized spacial score (nSPS) is 47.5. The first-order valence-corrected chi connectivity index (χ1v) is 16.7. The Kier molecular flexibility index (Phi) is 9.51. The van der Waals surface area contributed by atoms with Gasteiger partial charge in [-0.1, -0.05) is 51.5 Å². The standard InChI is InChI=1S/C35H58O6/c1-7-22(20(2)3)9-8-21(4)26-12-13-27-25-11-10-23-18-24(14-16-34(23,5)28(25)15-17-35(26,27)6)40-33-32(39)31(38)30(37)29(19-36)41-33/h10,21-22,24-33,36-39H,2,7-9,11-19H2,1,3-6H3/t21?,22?,24?,25-,26-,27+,28+,29?,30?,31?,32?,33?,34-,35+/m0/s1. The minimum atomic E-state index is -1.40. The molecule has 0 radical (unpaired) electrons. The van der Waals surface area contributed by atoms with Crippen LogP contribution in [0.2, 0.25) is 0 Å². The third kappa shape index (κ3) is 5.64. The molecule has 0 aromatic heterocycles. The second kappa shape index (κ2) is 12.3. The average molecular weight is 575 g/mol. The molecule has 234 valence electrons. The van der Waals surface area contributed by atoms with Crippen molar-refractivity contribution in [1.82, 2.24) is 0 Å². The van der Waals surface area contributed by atoms with E-state index in [0.717, 1.165) is 55.3 Å². The molecule has 1 saturated heterocycles. The summed E-state index contributed by atoms with van der Waals surface area (Å²) < 4.78 is 11.9. The van der Waals surface area contributed by atoms with Gasteiger partial charge < -0.3 is 29.9 Å². The van der Waals surface area contributed by atoms with E-state index in [1.165, 1.54) is 56.1 Å². The second-order valence-electron chi connectivity index (χ2n) is 15.2. The second-order valence-corrected chi connectivity index (χ2v) is 15.2. The molecule has 1 heterocycles. The summed E-state index contributed by atoms with van der Waals surface area (Å²) in [5.41, 5.74) is 3.49. The highest BCUT2D eigenvalue weighted by Gasteiger charge is 2.59. The van der Waals surface area contributed by atoms with E-state index in [9.17, 15) is 20.4 Å². The summed E-state index contributed by atoms with van der Waals surface area (Å²) >= 11 is 0. The Labute approximate surface area is 248 Å². The van der Waals surface area contributed by atoms with Crippen molar-refractivity contribution in [2.45, 2.75) is 142 Å². The summed E-state index contributed by atoms with van der Waals surface area (Å²) in [4.78, 5) is 0. The zero-order valence-corrected chi connectivity index (χ0v) is 26.3. The molecule has 0 bridgehead atoms. The predicted molar refractivity (Wildman–Crippen MR) is 161 cm³/mol. The molecule has 5 rings (SSSR count). The molecule has 6 heteroatoms. The molecule has 0 aromatic rings. The van der Waals surface area contributed by atoms with Crippen molar-refractivity contribution in [3.63, 3.8) is 0 Å². The highest BCUT2D eigenvalue weighted by molar-refractivity contribution is 5.25. The van der Waals surface area contributed by atoms with Crippen LogP contribution in [0.1, 0.15) is 105 Å². The summed E-state index contributed by atoms with van der Waals surface area (Å²) in [7, 11) is 0. The molecule has 3 saturated carbocycles. The number of fused-ring (bicyclic) bond motifs is 5. The van der Waals surface area contributed by atoms with Gasteiger partial charge in [0.1, 0.15) is 24.4 Å². The quantitative estimate of drug-likeness (QED) is 0.261. The fraction of sp³-hybridized carbons (Fsp3) is 0.886. The topological polar surface area (TPSA) is 99.4 Å². The van der Waals surface area contributed by atoms with E-state index < -0.39 is 37.3 Å². The van der Waals surface area contributed by atoms with Crippen LogP contribution in [0.25, 0.3) is 0 Å². The van der Waals surface area contributed by atoms with Gasteiger partial charge in [-0.3, -0.25) is 0 Å². The minimum Gasteiger partial charge on any atom is -0.394 e. The highest BCUT2D eigenvalue weighted by atomic mass is 16.7. The van der Waals surface area contributed by atoms with E-state index in [1.807, 2.05) is 0 Å². The van der Waals surface area contributed by atoms with Crippen molar-refractivity contribution in [2.24, 2.45) is 46.3 Å². The Bertz CT molecular complexity index is 962. The van der Waals surface area contributed by atoms with Gasteiger partial charge in [0.2, 0.25) is 0 Å². The van der Waals surface area contributed by atoms with Crippen molar-refractivity contribution in [1.29, 1.82) is 0 Å². The van der Waals surface area contributed by atoms with E-state index in [-0.39, 0.29) is 11.5 Å². The van der Waals surface area contributed by atoms with Crippen LogP contribution in [0.3, 0.4) is 0 Å². The first-order chi connectivity index (χ1) is 19.4. The smallest absolute Gasteiger partial charge is 0.186 e. The van der Waals surface area contributed by atoms with Crippen LogP contribution in [0.5, 0.6) is 0 Å². The van der Waals surface area contributed by atoms with Gasteiger partial charge in [0, 0.05) is 0 Å². The van der Waals surface area contributed by atoms with Gasteiger partial charge in [0.05, 0.1) is 12.7 Å². The molecular formula is C35H58O6. The number of allylic oxidation sites excluding steroid dienone is 2. The molecule has 4 fully saturated rings. The fourth-order valence-corrected chi connectivity index (χ4v) is 10.6. The molecule has 0 amide bonds. The fourth-order valence-electron chi connectivity index (χ4n) is 10.6. The van der Waals surface area contributed by atoms with Gasteiger partial charge in [-0.15, -0.1) is 0 Å². The maximum absolute atomic E-state index is 10.5. The third-order valence-corrected chi connectivity index (χ3v) is 13.2. The third-order valence-electron chi connectivity index (χ3n) is 13.2. The monoisotopic (exact) mass is 574 g/mol. The number of rotatable bonds is 9. The van der Waals surface area contributed by atoms with Crippen LogP contribution in [-0.4, -0.2) is 63.8 Å². The Balaban J connectivity index is 1.24. The summed E-state index contributed by atoms with van der Waals surface area (Å²) in [5.74, 6) is 4.57. The molecule has 41 heavy (non-hydrogen) atoms. The zero-order chi connectivity index (χ0) is 29.7. The van der Waals surface area contributed by atoms with Gasteiger partial charge in [-0.05, 0) is 124 Å². The van der Waals surface area contributed by atoms with Crippen molar-refractivity contribution in [3.05, 3.63) is 23.8 Å². The highest BCUT2D eigenvalue weighted by Crippen LogP contribution is 2.67. The maximum atomic E-state index is 10.5. The lowest BCUT2D eigenvalue weighted by Crippen LogP contribution is -2.60. The Morgan fingerprint density at radius 2 is 1.80 bits per heavy atom. The molecule has 14 atom stereocenters. The first-order valence-electron chi connectivity index (χ1n) is 16.7. The van der Waals surface area contributed by atoms with Crippen LogP contribution in [-0.2, 0) is 9.47 Å². The van der Waals surface area contributed by atoms with Gasteiger partial charge in [-0.2, -0.15) is 0 Å². The van der Waals surface area contributed by atoms with Crippen LogP contribution in [0.4, 0.5) is 0 Å². The lowest BCUT2D eigenvalue weighted by Gasteiger charge is -2.58. The van der Waals surface area contributed by atoms with E-state index in [4.69, 9.17) is 9.47 Å². The molecule has 4 aliphatic carbocycles. The molecule has 5 aliphatic rings. The number of hydrogen-bond donors (Lipinski definition) is 4. The Morgan fingerprint density at radius 1 is 1.05 bits per heavy atom. The molecule has 0 spiro atoms. The first kappa shape index (κ1) is 31.7. The lowest BCUT2D eigenvalue weighted by molar-refractivity contribution is -0.313. The maximum Gasteiger partial charge on any atom is 0.186 e. The number of aliphatic hydroxyl groups is 4. The summed E-state index contributed by atoms with van der Waals surface area (Å²) in [6, 6.07) is 0. The van der Waals surface area contributed by atoms with Gasteiger partial charge >= 0.3 is 0 Å². The van der Waals surface area contributed by atoms with E-state index in [0.29, 0.717) is 11.3 Å². The van der Waals surface area contributed by atoms with E-state index >= 15 is 0 Å². The molecule has 8 unspecified atom stereocenters. The van der Waals surface area contributed by atoms with E-state index in [2.05, 4.69) is 47.3 Å². The minimum absolute atomic E-state index is 0.107. The zero-order valence-electron chi connectivity index (χ0n) is 26.3. The van der Waals surface area contributed by atoms with Crippen molar-refractivity contribution in [2.75, 3.05) is 6.61 Å². The van der Waals surface area contributed by atoms with Crippen LogP contribution < -0.4 is 0 Å². The van der Waals surface area contributed by atoms with E-state index in [1.54, 1.807) is 0 Å². The van der Waals surface area contributed by atoms with Gasteiger partial charge in [-0.25, -0.2) is 0 Å². The average Bonchev–Trinajstić information content (AvgIpc) is 3.30.